The van der Waals surface area contributed by atoms with Crippen LogP contribution >= 0.6 is 0 Å². The van der Waals surface area contributed by atoms with E-state index in [-0.39, 0.29) is 5.41 Å². The fourth-order valence-electron chi connectivity index (χ4n) is 9.56. The first kappa shape index (κ1) is 34.8. The molecule has 0 fully saturated rings. The zero-order chi connectivity index (χ0) is 39.5. The molecule has 10 aromatic rings. The molecule has 0 unspecified atom stereocenters. The first-order valence-electron chi connectivity index (χ1n) is 20.5. The highest BCUT2D eigenvalue weighted by Gasteiger charge is 2.37. The van der Waals surface area contributed by atoms with Crippen LogP contribution in [0.25, 0.3) is 72.0 Å². The van der Waals surface area contributed by atoms with Crippen molar-refractivity contribution in [2.24, 2.45) is 0 Å². The van der Waals surface area contributed by atoms with Crippen LogP contribution in [0.1, 0.15) is 25.0 Å². The fraction of sp³-hybridized carbons (Fsp3) is 0.0526. The molecule has 2 nitrogen and oxygen atoms in total. The number of fused-ring (bicyclic) bond motifs is 6. The maximum Gasteiger partial charge on any atom is 0.0541 e. The Balaban J connectivity index is 1.09. The molecule has 1 aromatic heterocycles. The number of hydrogen-bond acceptors (Lipinski definition) is 1. The van der Waals surface area contributed by atoms with E-state index in [0.717, 1.165) is 22.7 Å². The molecule has 0 N–H and O–H groups in total. The Morgan fingerprint density at radius 2 is 0.966 bits per heavy atom. The molecule has 0 radical (unpaired) electrons. The lowest BCUT2D eigenvalue weighted by Gasteiger charge is -2.29. The molecule has 1 aliphatic carbocycles. The summed E-state index contributed by atoms with van der Waals surface area (Å²) in [6.45, 7) is 4.73. The largest absolute Gasteiger partial charge is 0.310 e. The van der Waals surface area contributed by atoms with Gasteiger partial charge in [-0.3, -0.25) is 0 Å². The van der Waals surface area contributed by atoms with Crippen LogP contribution < -0.4 is 4.90 Å². The molecule has 1 heterocycles. The lowest BCUT2D eigenvalue weighted by atomic mass is 9.82. The van der Waals surface area contributed by atoms with Crippen LogP contribution in [0.15, 0.2) is 218 Å². The fourth-order valence-corrected chi connectivity index (χ4v) is 9.56. The van der Waals surface area contributed by atoms with Gasteiger partial charge in [-0.25, -0.2) is 0 Å². The molecule has 59 heavy (non-hydrogen) atoms. The van der Waals surface area contributed by atoms with Crippen LogP contribution in [0.4, 0.5) is 17.1 Å². The first-order chi connectivity index (χ1) is 29.0. The molecule has 0 bridgehead atoms. The Labute approximate surface area is 345 Å². The van der Waals surface area contributed by atoms with E-state index in [1.54, 1.807) is 0 Å². The van der Waals surface area contributed by atoms with Gasteiger partial charge in [0, 0.05) is 38.8 Å². The predicted octanol–water partition coefficient (Wildman–Crippen LogP) is 15.6. The molecule has 0 amide bonds. The van der Waals surface area contributed by atoms with E-state index in [4.69, 9.17) is 0 Å². The number of nitrogens with zero attached hydrogens (tertiary/aromatic N) is 2. The van der Waals surface area contributed by atoms with Crippen molar-refractivity contribution >= 4 is 38.9 Å². The molecular formula is C57H42N2. The highest BCUT2D eigenvalue weighted by molar-refractivity contribution is 6.10. The van der Waals surface area contributed by atoms with Crippen LogP contribution in [-0.2, 0) is 5.41 Å². The number of aromatic nitrogens is 1. The van der Waals surface area contributed by atoms with Gasteiger partial charge >= 0.3 is 0 Å². The van der Waals surface area contributed by atoms with Crippen molar-refractivity contribution in [1.82, 2.24) is 4.57 Å². The maximum absolute atomic E-state index is 2.44. The van der Waals surface area contributed by atoms with E-state index in [2.05, 4.69) is 242 Å². The Morgan fingerprint density at radius 3 is 1.71 bits per heavy atom. The van der Waals surface area contributed by atoms with Gasteiger partial charge in [-0.05, 0) is 111 Å². The number of anilines is 3. The molecule has 1 aliphatic rings. The number of para-hydroxylation sites is 2. The van der Waals surface area contributed by atoms with Crippen molar-refractivity contribution in [2.75, 3.05) is 4.90 Å². The second-order valence-corrected chi connectivity index (χ2v) is 16.1. The summed E-state index contributed by atoms with van der Waals surface area (Å²) >= 11 is 0. The summed E-state index contributed by atoms with van der Waals surface area (Å²) < 4.78 is 2.41. The van der Waals surface area contributed by atoms with Crippen LogP contribution in [0.2, 0.25) is 0 Å². The van der Waals surface area contributed by atoms with Crippen molar-refractivity contribution in [3.63, 3.8) is 0 Å². The first-order valence-corrected chi connectivity index (χ1v) is 20.5. The zero-order valence-electron chi connectivity index (χ0n) is 33.2. The molecule has 0 saturated carbocycles. The lowest BCUT2D eigenvalue weighted by Crippen LogP contribution is -2.15. The summed E-state index contributed by atoms with van der Waals surface area (Å²) in [7, 11) is 0. The summed E-state index contributed by atoms with van der Waals surface area (Å²) in [6, 6.07) is 79.8. The molecule has 280 valence electrons. The van der Waals surface area contributed by atoms with Crippen molar-refractivity contribution in [3.05, 3.63) is 230 Å². The minimum Gasteiger partial charge on any atom is -0.310 e. The monoisotopic (exact) mass is 754 g/mol. The second-order valence-electron chi connectivity index (χ2n) is 16.1. The van der Waals surface area contributed by atoms with Gasteiger partial charge in [0.1, 0.15) is 0 Å². The normalized spacial score (nSPS) is 12.7. The Kier molecular flexibility index (Phi) is 8.20. The van der Waals surface area contributed by atoms with Crippen molar-refractivity contribution in [1.29, 1.82) is 0 Å². The van der Waals surface area contributed by atoms with Gasteiger partial charge in [-0.1, -0.05) is 172 Å². The quantitative estimate of drug-likeness (QED) is 0.157. The van der Waals surface area contributed by atoms with E-state index in [1.807, 2.05) is 0 Å². The summed E-state index contributed by atoms with van der Waals surface area (Å²) in [5.41, 5.74) is 19.4. The standard InChI is InChI=1S/C57H42N2/c1-57(2)51-35-34-45(38-50(51)56-47(25-16-26-52(56)57)41-21-10-5-11-22-41)58(53-27-14-12-23-46(53)40-19-8-4-9-20-40)43-30-32-44(33-31-43)59-54-28-15-13-24-48(54)49-37-42(29-36-55(49)59)39-17-6-3-7-18-39/h3-38H,1-2H3. The van der Waals surface area contributed by atoms with Gasteiger partial charge in [0.25, 0.3) is 0 Å². The summed E-state index contributed by atoms with van der Waals surface area (Å²) in [4.78, 5) is 2.44. The van der Waals surface area contributed by atoms with E-state index in [9.17, 15) is 0 Å². The zero-order valence-corrected chi connectivity index (χ0v) is 33.2. The average Bonchev–Trinajstić information content (AvgIpc) is 3.75. The van der Waals surface area contributed by atoms with Gasteiger partial charge < -0.3 is 9.47 Å². The summed E-state index contributed by atoms with van der Waals surface area (Å²) in [5.74, 6) is 0. The van der Waals surface area contributed by atoms with E-state index in [1.165, 1.54) is 77.4 Å². The maximum atomic E-state index is 2.44. The minimum atomic E-state index is -0.132. The molecule has 2 heteroatoms. The van der Waals surface area contributed by atoms with E-state index in [0.29, 0.717) is 0 Å². The highest BCUT2D eigenvalue weighted by Crippen LogP contribution is 2.54. The van der Waals surface area contributed by atoms with Crippen molar-refractivity contribution < 1.29 is 0 Å². The van der Waals surface area contributed by atoms with Crippen molar-refractivity contribution in [3.8, 4) is 50.2 Å². The van der Waals surface area contributed by atoms with Gasteiger partial charge in [-0.2, -0.15) is 0 Å². The van der Waals surface area contributed by atoms with Gasteiger partial charge in [0.2, 0.25) is 0 Å². The van der Waals surface area contributed by atoms with Gasteiger partial charge in [-0.15, -0.1) is 0 Å². The van der Waals surface area contributed by atoms with E-state index >= 15 is 0 Å². The SMILES string of the molecule is CC1(C)c2ccc(N(c3ccc(-n4c5ccccc5c5cc(-c6ccccc6)ccc54)cc3)c3ccccc3-c3ccccc3)cc2-c2c(-c3ccccc3)cccc21. The van der Waals surface area contributed by atoms with Gasteiger partial charge in [0.15, 0.2) is 0 Å². The van der Waals surface area contributed by atoms with Crippen LogP contribution in [0, 0.1) is 0 Å². The molecule has 11 rings (SSSR count). The Morgan fingerprint density at radius 1 is 0.373 bits per heavy atom. The number of benzene rings is 9. The average molecular weight is 755 g/mol. The molecule has 0 saturated heterocycles. The third-order valence-corrected chi connectivity index (χ3v) is 12.4. The molecular weight excluding hydrogens is 713 g/mol. The second kappa shape index (κ2) is 13.9. The van der Waals surface area contributed by atoms with Crippen LogP contribution in [0.5, 0.6) is 0 Å². The third-order valence-electron chi connectivity index (χ3n) is 12.4. The third kappa shape index (κ3) is 5.71. The van der Waals surface area contributed by atoms with E-state index < -0.39 is 0 Å². The molecule has 0 spiro atoms. The lowest BCUT2D eigenvalue weighted by molar-refractivity contribution is 0.660. The summed E-state index contributed by atoms with van der Waals surface area (Å²) in [6.07, 6.45) is 0. The predicted molar refractivity (Wildman–Crippen MR) is 249 cm³/mol. The topological polar surface area (TPSA) is 8.17 Å². The van der Waals surface area contributed by atoms with Crippen LogP contribution in [0.3, 0.4) is 0 Å². The molecule has 9 aromatic carbocycles. The smallest absolute Gasteiger partial charge is 0.0541 e. The molecule has 0 atom stereocenters. The highest BCUT2D eigenvalue weighted by atomic mass is 15.1. The Hall–Kier alpha value is -7.42. The summed E-state index contributed by atoms with van der Waals surface area (Å²) in [5, 5.41) is 2.50. The number of rotatable bonds is 7. The molecule has 0 aliphatic heterocycles. The van der Waals surface area contributed by atoms with Gasteiger partial charge in [0.05, 0.1) is 16.7 Å². The van der Waals surface area contributed by atoms with Crippen LogP contribution in [-0.4, -0.2) is 4.57 Å². The minimum absolute atomic E-state index is 0.132. The Bertz CT molecular complexity index is 3160. The number of hydrogen-bond donors (Lipinski definition) is 0. The van der Waals surface area contributed by atoms with Crippen molar-refractivity contribution in [2.45, 2.75) is 19.3 Å².